The third-order valence-corrected chi connectivity index (χ3v) is 6.34. The summed E-state index contributed by atoms with van der Waals surface area (Å²) in [5, 5.41) is 0. The Hall–Kier alpha value is -2.60. The molecule has 1 aromatic carbocycles. The first-order chi connectivity index (χ1) is 14.4. The monoisotopic (exact) mass is 408 g/mol. The lowest BCUT2D eigenvalue weighted by Crippen LogP contribution is -2.46. The minimum absolute atomic E-state index is 0.158. The third-order valence-electron chi connectivity index (χ3n) is 6.34. The molecule has 0 aliphatic carbocycles. The second-order valence-corrected chi connectivity index (χ2v) is 8.94. The van der Waals surface area contributed by atoms with Crippen LogP contribution in [0.25, 0.3) is 0 Å². The van der Waals surface area contributed by atoms with Crippen LogP contribution in [0.3, 0.4) is 0 Å². The Kier molecular flexibility index (Phi) is 5.95. The molecule has 1 atom stereocenters. The molecule has 160 valence electrons. The molecule has 4 rings (SSSR count). The fourth-order valence-corrected chi connectivity index (χ4v) is 4.46. The molecule has 2 fully saturated rings. The van der Waals surface area contributed by atoms with Crippen molar-refractivity contribution in [2.24, 2.45) is 0 Å². The number of piperidine rings is 1. The van der Waals surface area contributed by atoms with Crippen molar-refractivity contribution in [2.75, 3.05) is 45.2 Å². The lowest BCUT2D eigenvalue weighted by atomic mass is 9.90. The number of carbonyl (C=O) groups excluding carboxylic acids is 1. The van der Waals surface area contributed by atoms with Crippen molar-refractivity contribution in [3.05, 3.63) is 59.8 Å². The summed E-state index contributed by atoms with van der Waals surface area (Å²) in [6.45, 7) is 6.34. The van der Waals surface area contributed by atoms with Gasteiger partial charge in [0.1, 0.15) is 11.4 Å². The quantitative estimate of drug-likeness (QED) is 0.729. The van der Waals surface area contributed by atoms with Crippen molar-refractivity contribution in [3.63, 3.8) is 0 Å². The summed E-state index contributed by atoms with van der Waals surface area (Å²) in [5.74, 6) is 1.27. The van der Waals surface area contributed by atoms with Crippen molar-refractivity contribution in [1.29, 1.82) is 0 Å². The predicted molar refractivity (Wildman–Crippen MR) is 119 cm³/mol. The molecular formula is C24H32N4O2. The highest BCUT2D eigenvalue weighted by atomic mass is 16.6. The molecule has 6 heteroatoms. The standard InChI is InChI=1S/C24H32N4O2/c1-19(21-7-5-4-6-8-21)16-28-18-24(30-23(28)29)11-13-27(14-12-24)17-20-9-10-22(25-15-20)26(2)3/h4-10,15,19H,11-14,16-18H2,1-3H3/t19-/m0/s1. The second kappa shape index (κ2) is 8.64. The van der Waals surface area contributed by atoms with Crippen LogP contribution in [0.15, 0.2) is 48.7 Å². The van der Waals surface area contributed by atoms with E-state index in [1.54, 1.807) is 0 Å². The number of ether oxygens (including phenoxy) is 1. The molecule has 1 aromatic heterocycles. The molecular weight excluding hydrogens is 376 g/mol. The second-order valence-electron chi connectivity index (χ2n) is 8.94. The van der Waals surface area contributed by atoms with Crippen molar-refractivity contribution in [3.8, 4) is 0 Å². The van der Waals surface area contributed by atoms with Gasteiger partial charge in [-0.25, -0.2) is 9.78 Å². The molecule has 1 amide bonds. The summed E-state index contributed by atoms with van der Waals surface area (Å²) in [4.78, 5) is 23.4. The van der Waals surface area contributed by atoms with Crippen molar-refractivity contribution >= 4 is 11.9 Å². The van der Waals surface area contributed by atoms with Crippen LogP contribution < -0.4 is 4.90 Å². The van der Waals surface area contributed by atoms with Crippen LogP contribution in [-0.2, 0) is 11.3 Å². The maximum absolute atomic E-state index is 12.6. The van der Waals surface area contributed by atoms with E-state index in [-0.39, 0.29) is 11.7 Å². The molecule has 6 nitrogen and oxygen atoms in total. The molecule has 3 heterocycles. The Morgan fingerprint density at radius 2 is 1.87 bits per heavy atom. The summed E-state index contributed by atoms with van der Waals surface area (Å²) >= 11 is 0. The van der Waals surface area contributed by atoms with Gasteiger partial charge in [0.15, 0.2) is 0 Å². The highest BCUT2D eigenvalue weighted by Gasteiger charge is 2.47. The van der Waals surface area contributed by atoms with E-state index in [1.165, 1.54) is 11.1 Å². The number of likely N-dealkylation sites (tertiary alicyclic amines) is 1. The van der Waals surface area contributed by atoms with Gasteiger partial charge in [-0.15, -0.1) is 0 Å². The first-order valence-electron chi connectivity index (χ1n) is 10.8. The zero-order valence-corrected chi connectivity index (χ0v) is 18.3. The van der Waals surface area contributed by atoms with E-state index in [2.05, 4.69) is 53.2 Å². The highest BCUT2D eigenvalue weighted by molar-refractivity contribution is 5.71. The maximum Gasteiger partial charge on any atom is 0.410 e. The minimum atomic E-state index is -0.322. The van der Waals surface area contributed by atoms with Gasteiger partial charge >= 0.3 is 6.09 Å². The largest absolute Gasteiger partial charge is 0.441 e. The molecule has 2 aliphatic heterocycles. The fourth-order valence-electron chi connectivity index (χ4n) is 4.46. The van der Waals surface area contributed by atoms with Crippen LogP contribution in [0.1, 0.15) is 36.8 Å². The van der Waals surface area contributed by atoms with Crippen molar-refractivity contribution in [2.45, 2.75) is 37.8 Å². The number of benzene rings is 1. The van der Waals surface area contributed by atoms with Gasteiger partial charge in [0, 0.05) is 59.3 Å². The fraction of sp³-hybridized carbons (Fsp3) is 0.500. The van der Waals surface area contributed by atoms with E-state index in [0.29, 0.717) is 19.0 Å². The van der Waals surface area contributed by atoms with Gasteiger partial charge in [-0.3, -0.25) is 4.90 Å². The molecule has 1 spiro atoms. The number of rotatable bonds is 6. The number of amides is 1. The van der Waals surface area contributed by atoms with Crippen LogP contribution in [0, 0.1) is 0 Å². The van der Waals surface area contributed by atoms with Gasteiger partial charge < -0.3 is 14.5 Å². The van der Waals surface area contributed by atoms with Gasteiger partial charge in [0.05, 0.1) is 6.54 Å². The van der Waals surface area contributed by atoms with Gasteiger partial charge in [0.2, 0.25) is 0 Å². The van der Waals surface area contributed by atoms with E-state index in [4.69, 9.17) is 4.74 Å². The van der Waals surface area contributed by atoms with Gasteiger partial charge in [-0.1, -0.05) is 43.3 Å². The zero-order valence-electron chi connectivity index (χ0n) is 18.3. The molecule has 0 saturated carbocycles. The minimum Gasteiger partial charge on any atom is -0.441 e. The first-order valence-corrected chi connectivity index (χ1v) is 10.8. The molecule has 0 unspecified atom stereocenters. The summed E-state index contributed by atoms with van der Waals surface area (Å²) in [6.07, 6.45) is 3.58. The molecule has 2 aromatic rings. The zero-order chi connectivity index (χ0) is 21.1. The maximum atomic E-state index is 12.6. The molecule has 0 bridgehead atoms. The molecule has 0 N–H and O–H groups in total. The van der Waals surface area contributed by atoms with Crippen molar-refractivity contribution in [1.82, 2.24) is 14.8 Å². The summed E-state index contributed by atoms with van der Waals surface area (Å²) < 4.78 is 5.92. The normalized spacial score (nSPS) is 19.7. The van der Waals surface area contributed by atoms with Crippen LogP contribution in [0.2, 0.25) is 0 Å². The summed E-state index contributed by atoms with van der Waals surface area (Å²) in [5.41, 5.74) is 2.16. The number of hydrogen-bond acceptors (Lipinski definition) is 5. The van der Waals surface area contributed by atoms with Gasteiger partial charge in [0.25, 0.3) is 0 Å². The number of nitrogens with zero attached hydrogens (tertiary/aromatic N) is 4. The lowest BCUT2D eigenvalue weighted by molar-refractivity contribution is -0.00126. The molecule has 30 heavy (non-hydrogen) atoms. The van der Waals surface area contributed by atoms with E-state index >= 15 is 0 Å². The number of hydrogen-bond donors (Lipinski definition) is 0. The van der Waals surface area contributed by atoms with E-state index in [9.17, 15) is 4.79 Å². The molecule has 0 radical (unpaired) electrons. The summed E-state index contributed by atoms with van der Waals surface area (Å²) in [7, 11) is 4.00. The van der Waals surface area contributed by atoms with Crippen LogP contribution in [-0.4, -0.2) is 66.8 Å². The number of pyridine rings is 1. The molecule has 2 aliphatic rings. The highest BCUT2D eigenvalue weighted by Crippen LogP contribution is 2.34. The Labute approximate surface area is 179 Å². The van der Waals surface area contributed by atoms with Crippen LogP contribution in [0.4, 0.5) is 10.6 Å². The Morgan fingerprint density at radius 1 is 1.13 bits per heavy atom. The third kappa shape index (κ3) is 4.59. The number of anilines is 1. The Bertz CT molecular complexity index is 845. The average molecular weight is 409 g/mol. The number of carbonyl (C=O) groups is 1. The first kappa shape index (κ1) is 20.7. The predicted octanol–water partition coefficient (Wildman–Crippen LogP) is 3.74. The lowest BCUT2D eigenvalue weighted by Gasteiger charge is -2.37. The average Bonchev–Trinajstić information content (AvgIpc) is 3.05. The Balaban J connectivity index is 1.30. The summed E-state index contributed by atoms with van der Waals surface area (Å²) in [6, 6.07) is 14.6. The topological polar surface area (TPSA) is 48.9 Å². The SMILES string of the molecule is C[C@@H](CN1CC2(CCN(Cc3ccc(N(C)C)nc3)CC2)OC1=O)c1ccccc1. The van der Waals surface area contributed by atoms with Crippen LogP contribution in [0.5, 0.6) is 0 Å². The Morgan fingerprint density at radius 3 is 2.50 bits per heavy atom. The van der Waals surface area contributed by atoms with Gasteiger partial charge in [-0.2, -0.15) is 0 Å². The van der Waals surface area contributed by atoms with E-state index in [0.717, 1.165) is 38.3 Å². The van der Waals surface area contributed by atoms with E-state index < -0.39 is 0 Å². The van der Waals surface area contributed by atoms with E-state index in [1.807, 2.05) is 36.2 Å². The smallest absolute Gasteiger partial charge is 0.410 e. The van der Waals surface area contributed by atoms with Crippen LogP contribution >= 0.6 is 0 Å². The van der Waals surface area contributed by atoms with Gasteiger partial charge in [-0.05, 0) is 23.1 Å². The number of aromatic nitrogens is 1. The van der Waals surface area contributed by atoms with Crippen molar-refractivity contribution < 1.29 is 9.53 Å². The molecule has 2 saturated heterocycles.